The second-order valence-electron chi connectivity index (χ2n) is 6.44. The number of nitrogens with zero attached hydrogens (tertiary/aromatic N) is 1. The largest absolute Gasteiger partial charge is 0.489 e. The van der Waals surface area contributed by atoms with Crippen LogP contribution in [0.4, 0.5) is 0 Å². The maximum absolute atomic E-state index is 5.49. The lowest BCUT2D eigenvalue weighted by Gasteiger charge is -2.19. The van der Waals surface area contributed by atoms with Crippen LogP contribution in [-0.4, -0.2) is 18.2 Å². The van der Waals surface area contributed by atoms with Gasteiger partial charge in [0.1, 0.15) is 24.7 Å². The average Bonchev–Trinajstić information content (AvgIpc) is 2.54. The van der Waals surface area contributed by atoms with Crippen LogP contribution in [0.5, 0.6) is 11.5 Å². The quantitative estimate of drug-likeness (QED) is 0.675. The highest BCUT2D eigenvalue weighted by atomic mass is 16.5. The molecule has 0 aliphatic carbocycles. The predicted molar refractivity (Wildman–Crippen MR) is 96.8 cm³/mol. The van der Waals surface area contributed by atoms with Gasteiger partial charge < -0.3 is 9.47 Å². The van der Waals surface area contributed by atoms with E-state index in [1.54, 1.807) is 0 Å². The van der Waals surface area contributed by atoms with Crippen molar-refractivity contribution in [1.29, 1.82) is 0 Å². The third kappa shape index (κ3) is 3.85. The van der Waals surface area contributed by atoms with Gasteiger partial charge in [0, 0.05) is 18.5 Å². The standard InChI is InChI=1S/C11H12O.C10H11NO/c1-8-3-4-11-10(5-8)6-9(2)7-12-11;1-7-5-9-10(12-6-7)4-3-8(2)11-9/h3-5H,2,6-7H2,1H3;3-4H,1,5-6H2,2H3. The molecule has 0 bridgehead atoms. The number of aryl methyl sites for hydroxylation is 2. The van der Waals surface area contributed by atoms with Crippen molar-refractivity contribution in [2.24, 2.45) is 0 Å². The Balaban J connectivity index is 0.000000141. The summed E-state index contributed by atoms with van der Waals surface area (Å²) in [6.07, 6.45) is 1.83. The summed E-state index contributed by atoms with van der Waals surface area (Å²) in [4.78, 5) is 4.38. The predicted octanol–water partition coefficient (Wildman–Crippen LogP) is 4.37. The number of hydrogen-bond acceptors (Lipinski definition) is 3. The molecule has 0 radical (unpaired) electrons. The molecule has 0 saturated heterocycles. The molecule has 2 aliphatic rings. The van der Waals surface area contributed by atoms with E-state index in [1.807, 2.05) is 25.1 Å². The summed E-state index contributed by atoms with van der Waals surface area (Å²) in [5.41, 5.74) is 6.87. The van der Waals surface area contributed by atoms with Crippen LogP contribution in [0.15, 0.2) is 54.6 Å². The van der Waals surface area contributed by atoms with Gasteiger partial charge in [0.15, 0.2) is 0 Å². The van der Waals surface area contributed by atoms with E-state index in [9.17, 15) is 0 Å². The molecule has 3 heteroatoms. The molecule has 4 rings (SSSR count). The van der Waals surface area contributed by atoms with E-state index in [2.05, 4.69) is 37.2 Å². The second-order valence-corrected chi connectivity index (χ2v) is 6.44. The van der Waals surface area contributed by atoms with Crippen molar-refractivity contribution in [1.82, 2.24) is 4.98 Å². The number of pyridine rings is 1. The number of benzene rings is 1. The lowest BCUT2D eigenvalue weighted by molar-refractivity contribution is 0.329. The molecule has 0 unspecified atom stereocenters. The van der Waals surface area contributed by atoms with E-state index in [1.165, 1.54) is 11.1 Å². The first-order valence-electron chi connectivity index (χ1n) is 8.16. The van der Waals surface area contributed by atoms with Crippen molar-refractivity contribution in [3.05, 3.63) is 77.2 Å². The zero-order valence-corrected chi connectivity index (χ0v) is 14.4. The number of fused-ring (bicyclic) bond motifs is 2. The van der Waals surface area contributed by atoms with Crippen molar-refractivity contribution in [2.45, 2.75) is 26.7 Å². The van der Waals surface area contributed by atoms with Crippen LogP contribution in [0.25, 0.3) is 0 Å². The zero-order chi connectivity index (χ0) is 17.1. The fourth-order valence-electron chi connectivity index (χ4n) is 2.81. The number of ether oxygens (including phenoxy) is 2. The number of aromatic nitrogens is 1. The van der Waals surface area contributed by atoms with Gasteiger partial charge in [-0.25, -0.2) is 0 Å². The third-order valence-corrected chi connectivity index (χ3v) is 4.01. The van der Waals surface area contributed by atoms with Crippen LogP contribution in [0.1, 0.15) is 22.5 Å². The summed E-state index contributed by atoms with van der Waals surface area (Å²) in [6.45, 7) is 13.2. The van der Waals surface area contributed by atoms with Crippen molar-refractivity contribution < 1.29 is 9.47 Å². The average molecular weight is 321 g/mol. The minimum atomic E-state index is 0.637. The summed E-state index contributed by atoms with van der Waals surface area (Å²) >= 11 is 0. The Morgan fingerprint density at radius 1 is 0.875 bits per heavy atom. The first-order chi connectivity index (χ1) is 11.5. The number of hydrogen-bond donors (Lipinski definition) is 0. The smallest absolute Gasteiger partial charge is 0.141 e. The minimum absolute atomic E-state index is 0.637. The highest BCUT2D eigenvalue weighted by Crippen LogP contribution is 2.27. The topological polar surface area (TPSA) is 31.4 Å². The van der Waals surface area contributed by atoms with Gasteiger partial charge in [-0.2, -0.15) is 0 Å². The Labute approximate surface area is 143 Å². The van der Waals surface area contributed by atoms with Crippen LogP contribution < -0.4 is 9.47 Å². The summed E-state index contributed by atoms with van der Waals surface area (Å²) in [5.74, 6) is 1.93. The molecule has 0 saturated carbocycles. The first-order valence-corrected chi connectivity index (χ1v) is 8.16. The van der Waals surface area contributed by atoms with Gasteiger partial charge in [0.25, 0.3) is 0 Å². The molecule has 1 aromatic heterocycles. The van der Waals surface area contributed by atoms with Crippen LogP contribution in [0.3, 0.4) is 0 Å². The lowest BCUT2D eigenvalue weighted by atomic mass is 10.0. The highest BCUT2D eigenvalue weighted by Gasteiger charge is 2.13. The van der Waals surface area contributed by atoms with E-state index in [0.29, 0.717) is 13.2 Å². The monoisotopic (exact) mass is 321 g/mol. The summed E-state index contributed by atoms with van der Waals surface area (Å²) < 4.78 is 10.9. The Kier molecular flexibility index (Phi) is 4.70. The van der Waals surface area contributed by atoms with Crippen molar-refractivity contribution in [3.8, 4) is 11.5 Å². The van der Waals surface area contributed by atoms with Crippen molar-refractivity contribution >= 4 is 0 Å². The zero-order valence-electron chi connectivity index (χ0n) is 14.4. The molecule has 2 aliphatic heterocycles. The number of rotatable bonds is 0. The lowest BCUT2D eigenvalue weighted by Crippen LogP contribution is -2.12. The SMILES string of the molecule is C=C1COc2ccc(C)cc2C1.C=C1COc2ccc(C)nc2C1. The molecule has 3 nitrogen and oxygen atoms in total. The molecule has 0 spiro atoms. The fourth-order valence-corrected chi connectivity index (χ4v) is 2.81. The Morgan fingerprint density at radius 3 is 2.33 bits per heavy atom. The minimum Gasteiger partial charge on any atom is -0.489 e. The van der Waals surface area contributed by atoms with Gasteiger partial charge >= 0.3 is 0 Å². The van der Waals surface area contributed by atoms with Crippen molar-refractivity contribution in [3.63, 3.8) is 0 Å². The van der Waals surface area contributed by atoms with Gasteiger partial charge in [-0.05, 0) is 48.8 Å². The Bertz CT molecular complexity index is 725. The van der Waals surface area contributed by atoms with E-state index in [-0.39, 0.29) is 0 Å². The van der Waals surface area contributed by atoms with Gasteiger partial charge in [0.2, 0.25) is 0 Å². The Hall–Kier alpha value is -2.55. The molecule has 2 aromatic rings. The molecular formula is C21H23NO2. The molecule has 3 heterocycles. The van der Waals surface area contributed by atoms with Crippen LogP contribution in [0.2, 0.25) is 0 Å². The van der Waals surface area contributed by atoms with Crippen LogP contribution in [0, 0.1) is 13.8 Å². The molecular weight excluding hydrogens is 298 g/mol. The first kappa shape index (κ1) is 16.3. The summed E-state index contributed by atoms with van der Waals surface area (Å²) in [6, 6.07) is 10.2. The third-order valence-electron chi connectivity index (χ3n) is 4.01. The second kappa shape index (κ2) is 6.91. The maximum atomic E-state index is 5.49. The van der Waals surface area contributed by atoms with Gasteiger partial charge in [-0.15, -0.1) is 0 Å². The summed E-state index contributed by atoms with van der Waals surface area (Å²) in [5, 5.41) is 0. The highest BCUT2D eigenvalue weighted by molar-refractivity contribution is 5.41. The van der Waals surface area contributed by atoms with Crippen LogP contribution in [-0.2, 0) is 12.8 Å². The van der Waals surface area contributed by atoms with Gasteiger partial charge in [-0.1, -0.05) is 30.9 Å². The molecule has 24 heavy (non-hydrogen) atoms. The molecule has 0 fully saturated rings. The fraction of sp³-hybridized carbons (Fsp3) is 0.286. The molecule has 124 valence electrons. The normalized spacial score (nSPS) is 15.2. The van der Waals surface area contributed by atoms with Crippen molar-refractivity contribution in [2.75, 3.05) is 13.2 Å². The molecule has 0 amide bonds. The maximum Gasteiger partial charge on any atom is 0.141 e. The summed E-state index contributed by atoms with van der Waals surface area (Å²) in [7, 11) is 0. The van der Waals surface area contributed by atoms with E-state index in [4.69, 9.17) is 9.47 Å². The van der Waals surface area contributed by atoms with E-state index < -0.39 is 0 Å². The molecule has 0 atom stereocenters. The van der Waals surface area contributed by atoms with Gasteiger partial charge in [-0.3, -0.25) is 4.98 Å². The van der Waals surface area contributed by atoms with Crippen LogP contribution >= 0.6 is 0 Å². The molecule has 1 aromatic carbocycles. The van der Waals surface area contributed by atoms with E-state index >= 15 is 0 Å². The van der Waals surface area contributed by atoms with Gasteiger partial charge in [0.05, 0.1) is 5.69 Å². The van der Waals surface area contributed by atoms with E-state index in [0.717, 1.165) is 46.9 Å². The molecule has 0 N–H and O–H groups in total. The Morgan fingerprint density at radius 2 is 1.54 bits per heavy atom.